The van der Waals surface area contributed by atoms with E-state index in [2.05, 4.69) is 10.2 Å². The van der Waals surface area contributed by atoms with Crippen LogP contribution in [0.4, 0.5) is 4.39 Å². The fourth-order valence-corrected chi connectivity index (χ4v) is 2.62. The van der Waals surface area contributed by atoms with Crippen molar-refractivity contribution in [2.24, 2.45) is 10.2 Å². The Labute approximate surface area is 169 Å². The molecule has 0 fully saturated rings. The Balaban J connectivity index is 2.27. The van der Waals surface area contributed by atoms with E-state index in [1.165, 1.54) is 35.2 Å². The number of halogens is 1. The molecule has 0 heterocycles. The number of amides is 1. The fraction of sp³-hybridized carbons (Fsp3) is 0.273. The van der Waals surface area contributed by atoms with Crippen molar-refractivity contribution < 1.29 is 19.1 Å². The predicted molar refractivity (Wildman–Crippen MR) is 111 cm³/mol. The van der Waals surface area contributed by atoms with Crippen LogP contribution in [0.25, 0.3) is 0 Å². The SMILES string of the molecule is CCCCN(C(=O)c1ccccc1F)/C(C)=N/N=C(\C)c1ccc(C(=O)O)cc1. The second-order valence-corrected chi connectivity index (χ2v) is 6.51. The Bertz CT molecular complexity index is 937. The molecule has 0 aliphatic rings. The maximum absolute atomic E-state index is 14.1. The summed E-state index contributed by atoms with van der Waals surface area (Å²) in [4.78, 5) is 25.2. The van der Waals surface area contributed by atoms with Crippen molar-refractivity contribution in [2.45, 2.75) is 33.6 Å². The topological polar surface area (TPSA) is 82.3 Å². The van der Waals surface area contributed by atoms with Crippen LogP contribution in [-0.4, -0.2) is 40.0 Å². The Hall–Kier alpha value is -3.35. The first kappa shape index (κ1) is 21.9. The molecule has 7 heteroatoms. The molecule has 152 valence electrons. The summed E-state index contributed by atoms with van der Waals surface area (Å²) in [5, 5.41) is 17.3. The van der Waals surface area contributed by atoms with E-state index in [9.17, 15) is 14.0 Å². The molecule has 2 aromatic rings. The second kappa shape index (κ2) is 10.3. The second-order valence-electron chi connectivity index (χ2n) is 6.51. The monoisotopic (exact) mass is 397 g/mol. The minimum Gasteiger partial charge on any atom is -0.478 e. The largest absolute Gasteiger partial charge is 0.478 e. The Kier molecular flexibility index (Phi) is 7.77. The van der Waals surface area contributed by atoms with Gasteiger partial charge in [-0.2, -0.15) is 5.10 Å². The number of hydrogen-bond acceptors (Lipinski definition) is 4. The molecular weight excluding hydrogens is 373 g/mol. The van der Waals surface area contributed by atoms with E-state index in [1.54, 1.807) is 32.0 Å². The predicted octanol–water partition coefficient (Wildman–Crippen LogP) is 4.61. The van der Waals surface area contributed by atoms with E-state index >= 15 is 0 Å². The number of carboxylic acid groups (broad SMARTS) is 1. The molecule has 1 N–H and O–H groups in total. The van der Waals surface area contributed by atoms with E-state index in [0.717, 1.165) is 12.8 Å². The summed E-state index contributed by atoms with van der Waals surface area (Å²) in [5.41, 5.74) is 1.45. The van der Waals surface area contributed by atoms with E-state index < -0.39 is 17.7 Å². The van der Waals surface area contributed by atoms with Gasteiger partial charge in [-0.3, -0.25) is 9.69 Å². The van der Waals surface area contributed by atoms with Gasteiger partial charge in [-0.1, -0.05) is 37.6 Å². The lowest BCUT2D eigenvalue weighted by Gasteiger charge is -2.21. The van der Waals surface area contributed by atoms with Crippen LogP contribution in [-0.2, 0) is 0 Å². The van der Waals surface area contributed by atoms with E-state index in [0.29, 0.717) is 23.7 Å². The standard InChI is InChI=1S/C22H24FN3O3/c1-4-5-14-26(21(27)19-8-6-7-9-20(19)23)16(3)25-24-15(2)17-10-12-18(13-11-17)22(28)29/h6-13H,4-5,14H2,1-3H3,(H,28,29)/b24-15+,25-16+. The first-order valence-electron chi connectivity index (χ1n) is 9.34. The summed E-state index contributed by atoms with van der Waals surface area (Å²) in [7, 11) is 0. The van der Waals surface area contributed by atoms with Crippen LogP contribution >= 0.6 is 0 Å². The molecule has 0 atom stereocenters. The van der Waals surface area contributed by atoms with Crippen LogP contribution in [0.3, 0.4) is 0 Å². The summed E-state index contributed by atoms with van der Waals surface area (Å²) in [6.07, 6.45) is 1.61. The Morgan fingerprint density at radius 1 is 1.00 bits per heavy atom. The fourth-order valence-electron chi connectivity index (χ4n) is 2.62. The normalized spacial score (nSPS) is 12.0. The van der Waals surface area contributed by atoms with Crippen LogP contribution in [0, 0.1) is 5.82 Å². The number of benzene rings is 2. The quantitative estimate of drug-likeness (QED) is 0.421. The molecule has 29 heavy (non-hydrogen) atoms. The maximum Gasteiger partial charge on any atom is 0.335 e. The average molecular weight is 397 g/mol. The zero-order chi connectivity index (χ0) is 21.4. The number of unbranched alkanes of at least 4 members (excludes halogenated alkanes) is 1. The highest BCUT2D eigenvalue weighted by Gasteiger charge is 2.21. The van der Waals surface area contributed by atoms with Gasteiger partial charge in [0.2, 0.25) is 0 Å². The number of carbonyl (C=O) groups is 2. The third-order valence-electron chi connectivity index (χ3n) is 4.37. The van der Waals surface area contributed by atoms with Crippen molar-refractivity contribution in [1.29, 1.82) is 0 Å². The van der Waals surface area contributed by atoms with Crippen LogP contribution in [0.2, 0.25) is 0 Å². The first-order valence-corrected chi connectivity index (χ1v) is 9.34. The zero-order valence-electron chi connectivity index (χ0n) is 16.7. The van der Waals surface area contributed by atoms with Gasteiger partial charge in [-0.25, -0.2) is 9.18 Å². The summed E-state index contributed by atoms with van der Waals surface area (Å²) in [5.74, 6) is -1.69. The number of carbonyl (C=O) groups excluding carboxylic acids is 1. The molecule has 2 aromatic carbocycles. The van der Waals surface area contributed by atoms with Crippen molar-refractivity contribution in [1.82, 2.24) is 4.90 Å². The molecule has 1 amide bonds. The summed E-state index contributed by atoms with van der Waals surface area (Å²) < 4.78 is 14.1. The number of hydrogen-bond donors (Lipinski definition) is 1. The molecular formula is C22H24FN3O3. The first-order chi connectivity index (χ1) is 13.8. The third kappa shape index (κ3) is 5.81. The van der Waals surface area contributed by atoms with Gasteiger partial charge >= 0.3 is 5.97 Å². The van der Waals surface area contributed by atoms with Gasteiger partial charge in [-0.05, 0) is 50.1 Å². The molecule has 6 nitrogen and oxygen atoms in total. The van der Waals surface area contributed by atoms with Crippen molar-refractivity contribution >= 4 is 23.4 Å². The Morgan fingerprint density at radius 3 is 2.21 bits per heavy atom. The Morgan fingerprint density at radius 2 is 1.62 bits per heavy atom. The van der Waals surface area contributed by atoms with Crippen molar-refractivity contribution in [3.63, 3.8) is 0 Å². The molecule has 0 unspecified atom stereocenters. The van der Waals surface area contributed by atoms with E-state index in [-0.39, 0.29) is 11.1 Å². The van der Waals surface area contributed by atoms with Crippen molar-refractivity contribution in [3.8, 4) is 0 Å². The van der Waals surface area contributed by atoms with Gasteiger partial charge in [0.05, 0.1) is 16.8 Å². The summed E-state index contributed by atoms with van der Waals surface area (Å²) >= 11 is 0. The smallest absolute Gasteiger partial charge is 0.335 e. The number of nitrogens with zero attached hydrogens (tertiary/aromatic N) is 3. The van der Waals surface area contributed by atoms with Crippen LogP contribution < -0.4 is 0 Å². The van der Waals surface area contributed by atoms with E-state index in [1.807, 2.05) is 6.92 Å². The summed E-state index contributed by atoms with van der Waals surface area (Å²) in [6.45, 7) is 5.79. The number of carboxylic acids is 1. The van der Waals surface area contributed by atoms with Gasteiger partial charge in [0, 0.05) is 6.54 Å². The minimum absolute atomic E-state index is 0.0110. The molecule has 0 bridgehead atoms. The van der Waals surface area contributed by atoms with Crippen LogP contribution in [0.1, 0.15) is 59.9 Å². The highest BCUT2D eigenvalue weighted by atomic mass is 19.1. The summed E-state index contributed by atoms with van der Waals surface area (Å²) in [6, 6.07) is 12.1. The van der Waals surface area contributed by atoms with Crippen molar-refractivity contribution in [3.05, 3.63) is 71.0 Å². The van der Waals surface area contributed by atoms with Gasteiger partial charge in [-0.15, -0.1) is 5.10 Å². The molecule has 0 radical (unpaired) electrons. The molecule has 0 saturated carbocycles. The van der Waals surface area contributed by atoms with Gasteiger partial charge < -0.3 is 5.11 Å². The molecule has 0 aromatic heterocycles. The third-order valence-corrected chi connectivity index (χ3v) is 4.37. The van der Waals surface area contributed by atoms with E-state index in [4.69, 9.17) is 5.11 Å². The van der Waals surface area contributed by atoms with Crippen molar-refractivity contribution in [2.75, 3.05) is 6.54 Å². The molecule has 2 rings (SSSR count). The maximum atomic E-state index is 14.1. The van der Waals surface area contributed by atoms with Crippen LogP contribution in [0.5, 0.6) is 0 Å². The lowest BCUT2D eigenvalue weighted by Crippen LogP contribution is -2.36. The lowest BCUT2D eigenvalue weighted by atomic mass is 10.1. The number of amidine groups is 1. The molecule has 0 aliphatic carbocycles. The minimum atomic E-state index is -1.00. The average Bonchev–Trinajstić information content (AvgIpc) is 2.72. The molecule has 0 saturated heterocycles. The van der Waals surface area contributed by atoms with Gasteiger partial charge in [0.1, 0.15) is 11.7 Å². The van der Waals surface area contributed by atoms with Gasteiger partial charge in [0.25, 0.3) is 5.91 Å². The number of aromatic carboxylic acids is 1. The van der Waals surface area contributed by atoms with Gasteiger partial charge in [0.15, 0.2) is 0 Å². The zero-order valence-corrected chi connectivity index (χ0v) is 16.7. The highest BCUT2D eigenvalue weighted by Crippen LogP contribution is 2.12. The molecule has 0 spiro atoms. The highest BCUT2D eigenvalue weighted by molar-refractivity contribution is 6.06. The molecule has 0 aliphatic heterocycles. The van der Waals surface area contributed by atoms with Crippen LogP contribution in [0.15, 0.2) is 58.7 Å². The lowest BCUT2D eigenvalue weighted by molar-refractivity contribution is 0.0696. The number of rotatable bonds is 7.